The molecule has 0 radical (unpaired) electrons. The average molecular weight is 320 g/mol. The number of carboxylic acid groups (broad SMARTS) is 1. The topological polar surface area (TPSA) is 102 Å². The Morgan fingerprint density at radius 2 is 1.45 bits per heavy atom. The number of carboxylic acids is 1. The molecule has 0 aliphatic heterocycles. The number of rotatable bonds is 13. The molecule has 0 heterocycles. The second-order valence-corrected chi connectivity index (χ2v) is 5.37. The molecule has 0 spiro atoms. The van der Waals surface area contributed by atoms with E-state index in [9.17, 15) is 9.59 Å². The van der Waals surface area contributed by atoms with Gasteiger partial charge >= 0.3 is 11.9 Å². The lowest BCUT2D eigenvalue weighted by Gasteiger charge is -2.19. The summed E-state index contributed by atoms with van der Waals surface area (Å²) >= 11 is 0. The van der Waals surface area contributed by atoms with Gasteiger partial charge in [0.05, 0.1) is 32.0 Å². The Hall–Kier alpha value is -1.18. The summed E-state index contributed by atoms with van der Waals surface area (Å²) in [5, 5.41) is 17.3. The second-order valence-electron chi connectivity index (χ2n) is 5.37. The summed E-state index contributed by atoms with van der Waals surface area (Å²) in [6, 6.07) is 0. The molecule has 130 valence electrons. The first-order valence-corrected chi connectivity index (χ1v) is 7.60. The molecule has 7 heteroatoms. The Balaban J connectivity index is 3.68. The van der Waals surface area contributed by atoms with Crippen LogP contribution in [0.25, 0.3) is 0 Å². The molecule has 0 amide bonds. The van der Waals surface area contributed by atoms with Gasteiger partial charge in [0.1, 0.15) is 6.10 Å². The van der Waals surface area contributed by atoms with Crippen molar-refractivity contribution in [2.24, 2.45) is 0 Å². The summed E-state index contributed by atoms with van der Waals surface area (Å²) < 4.78 is 16.0. The zero-order valence-corrected chi connectivity index (χ0v) is 13.6. The second kappa shape index (κ2) is 12.4. The monoisotopic (exact) mass is 320 g/mol. The Morgan fingerprint density at radius 3 is 2.05 bits per heavy atom. The molecule has 0 aliphatic carbocycles. The lowest BCUT2D eigenvalue weighted by molar-refractivity contribution is -0.153. The third-order valence-electron chi connectivity index (χ3n) is 2.84. The Kier molecular flexibility index (Phi) is 11.7. The fraction of sp³-hybridized carbons (Fsp3) is 0.867. The van der Waals surface area contributed by atoms with Crippen LogP contribution >= 0.6 is 0 Å². The molecule has 0 bridgehead atoms. The summed E-state index contributed by atoms with van der Waals surface area (Å²) in [7, 11) is 0. The van der Waals surface area contributed by atoms with Gasteiger partial charge in [0.2, 0.25) is 0 Å². The summed E-state index contributed by atoms with van der Waals surface area (Å²) in [6.45, 7) is 5.92. The Labute approximate surface area is 131 Å². The SMILES string of the molecule is CC(CO)OCC(C)OCC(C)OC(=O)CCCCC(=O)O. The Morgan fingerprint density at radius 1 is 0.909 bits per heavy atom. The normalized spacial score (nSPS) is 15.1. The average Bonchev–Trinajstić information content (AvgIpc) is 2.46. The van der Waals surface area contributed by atoms with Crippen molar-refractivity contribution in [3.8, 4) is 0 Å². The number of esters is 1. The minimum absolute atomic E-state index is 0.0391. The van der Waals surface area contributed by atoms with Crippen molar-refractivity contribution in [3.63, 3.8) is 0 Å². The standard InChI is InChI=1S/C15H28O7/c1-11(8-16)20-9-12(2)21-10-13(3)22-15(19)7-5-4-6-14(17)18/h11-13,16H,4-10H2,1-3H3,(H,17,18). The first kappa shape index (κ1) is 20.8. The minimum Gasteiger partial charge on any atom is -0.481 e. The smallest absolute Gasteiger partial charge is 0.306 e. The van der Waals surface area contributed by atoms with Crippen LogP contribution < -0.4 is 0 Å². The van der Waals surface area contributed by atoms with Crippen molar-refractivity contribution in [3.05, 3.63) is 0 Å². The highest BCUT2D eigenvalue weighted by Crippen LogP contribution is 2.05. The molecule has 0 aliphatic rings. The molecule has 2 N–H and O–H groups in total. The van der Waals surface area contributed by atoms with Gasteiger partial charge in [0, 0.05) is 12.8 Å². The predicted octanol–water partition coefficient (Wildman–Crippen LogP) is 1.37. The number of aliphatic carboxylic acids is 1. The van der Waals surface area contributed by atoms with E-state index in [1.165, 1.54) is 0 Å². The first-order chi connectivity index (χ1) is 10.3. The largest absolute Gasteiger partial charge is 0.481 e. The third kappa shape index (κ3) is 12.6. The van der Waals surface area contributed by atoms with Crippen LogP contribution in [-0.2, 0) is 23.8 Å². The molecule has 0 fully saturated rings. The van der Waals surface area contributed by atoms with Gasteiger partial charge < -0.3 is 24.4 Å². The van der Waals surface area contributed by atoms with Crippen molar-refractivity contribution in [1.29, 1.82) is 0 Å². The summed E-state index contributed by atoms with van der Waals surface area (Å²) in [4.78, 5) is 21.8. The Bertz CT molecular complexity index is 319. The summed E-state index contributed by atoms with van der Waals surface area (Å²) in [5.74, 6) is -1.21. The van der Waals surface area contributed by atoms with E-state index in [-0.39, 0.29) is 50.3 Å². The maximum atomic E-state index is 11.5. The van der Waals surface area contributed by atoms with Crippen LogP contribution in [0.2, 0.25) is 0 Å². The van der Waals surface area contributed by atoms with E-state index >= 15 is 0 Å². The highest BCUT2D eigenvalue weighted by atomic mass is 16.6. The summed E-state index contributed by atoms with van der Waals surface area (Å²) in [5.41, 5.74) is 0. The number of aliphatic hydroxyl groups excluding tert-OH is 1. The van der Waals surface area contributed by atoms with Crippen LogP contribution in [-0.4, -0.2) is 60.3 Å². The summed E-state index contributed by atoms with van der Waals surface area (Å²) in [6.07, 6.45) is 0.483. The number of carbonyl (C=O) groups is 2. The number of ether oxygens (including phenoxy) is 3. The van der Waals surface area contributed by atoms with Crippen LogP contribution in [0.1, 0.15) is 46.5 Å². The lowest BCUT2D eigenvalue weighted by atomic mass is 10.2. The van der Waals surface area contributed by atoms with E-state index in [1.54, 1.807) is 13.8 Å². The van der Waals surface area contributed by atoms with Crippen molar-refractivity contribution in [2.75, 3.05) is 19.8 Å². The van der Waals surface area contributed by atoms with Crippen LogP contribution in [0.4, 0.5) is 0 Å². The molecular formula is C15H28O7. The molecule has 0 saturated carbocycles. The molecule has 7 nitrogen and oxygen atoms in total. The van der Waals surface area contributed by atoms with Crippen molar-refractivity contribution < 1.29 is 34.0 Å². The third-order valence-corrected chi connectivity index (χ3v) is 2.84. The van der Waals surface area contributed by atoms with E-state index in [1.807, 2.05) is 6.92 Å². The number of hydrogen-bond donors (Lipinski definition) is 2. The molecule has 3 atom stereocenters. The molecule has 0 aromatic heterocycles. The zero-order chi connectivity index (χ0) is 17.0. The maximum absolute atomic E-state index is 11.5. The van der Waals surface area contributed by atoms with Crippen LogP contribution in [0.3, 0.4) is 0 Å². The molecule has 0 aromatic rings. The van der Waals surface area contributed by atoms with Gasteiger partial charge in [-0.3, -0.25) is 9.59 Å². The van der Waals surface area contributed by atoms with Crippen LogP contribution in [0, 0.1) is 0 Å². The van der Waals surface area contributed by atoms with Gasteiger partial charge in [0.25, 0.3) is 0 Å². The quantitative estimate of drug-likeness (QED) is 0.390. The van der Waals surface area contributed by atoms with E-state index in [0.29, 0.717) is 19.4 Å². The fourth-order valence-corrected chi connectivity index (χ4v) is 1.56. The molecule has 3 unspecified atom stereocenters. The molecule has 0 rings (SSSR count). The zero-order valence-electron chi connectivity index (χ0n) is 13.6. The van der Waals surface area contributed by atoms with Gasteiger partial charge in [-0.2, -0.15) is 0 Å². The van der Waals surface area contributed by atoms with Crippen molar-refractivity contribution in [2.45, 2.75) is 64.8 Å². The predicted molar refractivity (Wildman–Crippen MR) is 79.6 cm³/mol. The molecule has 0 saturated heterocycles. The van der Waals surface area contributed by atoms with E-state index in [4.69, 9.17) is 24.4 Å². The molecular weight excluding hydrogens is 292 g/mol. The lowest BCUT2D eigenvalue weighted by Crippen LogP contribution is -2.27. The first-order valence-electron chi connectivity index (χ1n) is 7.60. The van der Waals surface area contributed by atoms with Crippen molar-refractivity contribution >= 4 is 11.9 Å². The highest BCUT2D eigenvalue weighted by Gasteiger charge is 2.12. The molecule has 22 heavy (non-hydrogen) atoms. The van der Waals surface area contributed by atoms with Gasteiger partial charge in [-0.15, -0.1) is 0 Å². The van der Waals surface area contributed by atoms with E-state index < -0.39 is 5.97 Å². The van der Waals surface area contributed by atoms with Crippen LogP contribution in [0.15, 0.2) is 0 Å². The van der Waals surface area contributed by atoms with E-state index in [2.05, 4.69) is 0 Å². The number of unbranched alkanes of at least 4 members (excludes halogenated alkanes) is 1. The number of aliphatic hydroxyl groups is 1. The number of carbonyl (C=O) groups excluding carboxylic acids is 1. The molecule has 0 aromatic carbocycles. The fourth-order valence-electron chi connectivity index (χ4n) is 1.56. The van der Waals surface area contributed by atoms with Gasteiger partial charge in [-0.1, -0.05) is 0 Å². The maximum Gasteiger partial charge on any atom is 0.306 e. The van der Waals surface area contributed by atoms with Gasteiger partial charge in [-0.05, 0) is 33.6 Å². The minimum atomic E-state index is -0.859. The van der Waals surface area contributed by atoms with Crippen LogP contribution in [0.5, 0.6) is 0 Å². The van der Waals surface area contributed by atoms with Gasteiger partial charge in [0.15, 0.2) is 0 Å². The van der Waals surface area contributed by atoms with Crippen molar-refractivity contribution in [1.82, 2.24) is 0 Å². The van der Waals surface area contributed by atoms with E-state index in [0.717, 1.165) is 0 Å². The number of hydrogen-bond acceptors (Lipinski definition) is 6. The highest BCUT2D eigenvalue weighted by molar-refractivity contribution is 5.70. The van der Waals surface area contributed by atoms with Gasteiger partial charge in [-0.25, -0.2) is 0 Å².